The van der Waals surface area contributed by atoms with E-state index in [9.17, 15) is 24.3 Å². The maximum atomic E-state index is 12.5. The Morgan fingerprint density at radius 2 is 0.821 bits per heavy atom. The smallest absolute Gasteiger partial charge is 1.00 e. The molecule has 2 unspecified atom stereocenters. The van der Waals surface area contributed by atoms with Crippen molar-refractivity contribution in [2.75, 3.05) is 71.5 Å². The minimum Gasteiger partial charge on any atom is -1.00 e. The number of carbonyl (C=O) groups excluding carboxylic acids is 4. The Labute approximate surface area is 973 Å². The van der Waals surface area contributed by atoms with Crippen LogP contribution in [0.25, 0.3) is 71.8 Å². The van der Waals surface area contributed by atoms with Gasteiger partial charge >= 0.3 is 29.6 Å². The van der Waals surface area contributed by atoms with Gasteiger partial charge in [-0.25, -0.2) is 29.9 Å². The molecule has 12 aromatic heterocycles. The molecule has 6 aliphatic rings. The van der Waals surface area contributed by atoms with Crippen molar-refractivity contribution in [2.24, 2.45) is 35.5 Å². The van der Waals surface area contributed by atoms with Gasteiger partial charge in [0.1, 0.15) is 73.2 Å². The molecule has 6 saturated carbocycles. The standard InChI is InChI=1S/C19H27BrN2O2Si.C18H27BrN2O2Si.C18H25BrN2O2Si.C17H23BrN2O2Si.C11H9BrN2O.C7H5BrN2.C6H15ClOSi.C4H5ClO.C3H8O.CH3I.B.BrH.Na.H/c1-23-12-18(14-5-6-14)17-11-22(13-24-7-8-25(2,3)4)19-16(17)9-15(20)10-21-19;2*1-24(2,3)7-6-23-12-21-10-16(17(11-22)13-4-5-13)15-8-14(19)9-20-18(15)21;1-23(2,3)7-6-22-11-20-10-15(16(21)12-4-5-12)14-8-13(18)9-19-17(14)20;12-7-3-8-9(10(15)6-1-2-6)5-14-11(8)13-4-7;8-6-3-5-1-2-9-7(5)10-4-6;1-9(2,3)5-4-8-6-7;5-4(6)3-1-2-3;1-3-4-2;1-2;;;;/h9-12,14H,5-8,13H2,1-4H3;8-10,13,17,22H,4-7,11-12H2,1-3H3;8-11,13,17H,4-7,12H2,1-3H3;8-10,12H,4-7,11H2,1-3H3;3-6H,1-2H2,(H,13,14);1-4H,(H,9,10);4-6H2,1-3H3;3H,1-2H2;3H2,1-2H3;1H3;;1H;;/q;;;;;;;;;;;;+1;-1/p-1/b18-12+;;;;;;;;;;;;;. The number of Topliss-reactive ketones (excluding diaryl/α,β-unsaturated/α-hetero) is 2. The Balaban J connectivity index is 0.000000298. The minimum absolute atomic E-state index is 0. The van der Waals surface area contributed by atoms with Crippen LogP contribution >= 0.6 is 141 Å². The van der Waals surface area contributed by atoms with Crippen molar-refractivity contribution in [1.82, 2.24) is 58.1 Å². The number of aliphatic hydroxyl groups excluding tert-OH is 1. The first-order chi connectivity index (χ1) is 67.4. The van der Waals surface area contributed by atoms with Gasteiger partial charge in [0.15, 0.2) is 11.6 Å². The number of nitrogens with zero attached hydrogens (tertiary/aromatic N) is 10. The number of aldehydes is 1. The van der Waals surface area contributed by atoms with Gasteiger partial charge in [-0.15, -0.1) is 0 Å². The van der Waals surface area contributed by atoms with Crippen molar-refractivity contribution in [1.29, 1.82) is 0 Å². The van der Waals surface area contributed by atoms with Crippen molar-refractivity contribution >= 4 is 285 Å². The predicted octanol–water partition coefficient (Wildman–Crippen LogP) is 24.0. The van der Waals surface area contributed by atoms with Gasteiger partial charge in [0.05, 0.1) is 20.0 Å². The third kappa shape index (κ3) is 45.0. The number of ketones is 2. The van der Waals surface area contributed by atoms with E-state index in [2.05, 4.69) is 307 Å². The van der Waals surface area contributed by atoms with E-state index in [4.69, 9.17) is 51.6 Å². The second-order valence-electron chi connectivity index (χ2n) is 42.9. The summed E-state index contributed by atoms with van der Waals surface area (Å²) in [7, 11) is -1.79. The molecule has 0 aliphatic heterocycles. The van der Waals surface area contributed by atoms with Crippen LogP contribution < -0.4 is 46.5 Å². The van der Waals surface area contributed by atoms with Gasteiger partial charge in [0, 0.05) is 275 Å². The van der Waals surface area contributed by atoms with Crippen LogP contribution in [0, 0.1) is 35.5 Å². The Morgan fingerprint density at radius 1 is 0.476 bits per heavy atom. The summed E-state index contributed by atoms with van der Waals surface area (Å²) in [6, 6.07) is 20.4. The fourth-order valence-corrected chi connectivity index (χ4v) is 21.1. The summed E-state index contributed by atoms with van der Waals surface area (Å²) in [4.78, 5) is 80.7. The van der Waals surface area contributed by atoms with E-state index in [-0.39, 0.29) is 109 Å². The van der Waals surface area contributed by atoms with Crippen molar-refractivity contribution in [3.63, 3.8) is 0 Å². The Morgan fingerprint density at radius 3 is 1.19 bits per heavy atom. The Kier molecular flexibility index (Phi) is 56.9. The van der Waals surface area contributed by atoms with Crippen molar-refractivity contribution < 1.29 is 105 Å². The molecule has 145 heavy (non-hydrogen) atoms. The van der Waals surface area contributed by atoms with Crippen LogP contribution in [-0.2, 0) is 69.7 Å². The van der Waals surface area contributed by atoms with Gasteiger partial charge < -0.3 is 89.7 Å². The van der Waals surface area contributed by atoms with Crippen LogP contribution in [0.1, 0.15) is 135 Å². The summed E-state index contributed by atoms with van der Waals surface area (Å²) in [5.74, 6) is 3.09. The number of allylic oxidation sites excluding steroid dienone is 1. The van der Waals surface area contributed by atoms with Gasteiger partial charge in [-0.05, 0) is 303 Å². The fourth-order valence-electron chi connectivity index (χ4n) is 14.9. The van der Waals surface area contributed by atoms with E-state index in [0.717, 1.165) is 219 Å². The number of methoxy groups -OCH3 is 2. The number of nitrogens with one attached hydrogen (secondary N) is 2. The van der Waals surface area contributed by atoms with Crippen molar-refractivity contribution in [3.8, 4) is 0 Å². The van der Waals surface area contributed by atoms with E-state index in [1.807, 2.05) is 76.3 Å². The third-order valence-corrected chi connectivity index (χ3v) is 35.8. The molecule has 6 fully saturated rings. The monoisotopic (exact) mass is 2680 g/mol. The second-order valence-corrected chi connectivity index (χ2v) is 77.1. The molecule has 0 saturated heterocycles. The zero-order valence-corrected chi connectivity index (χ0v) is 110. The molecule has 6 aliphatic carbocycles. The normalized spacial score (nSPS) is 14.9. The zero-order chi connectivity index (χ0) is 104. The molecule has 18 rings (SSSR count). The van der Waals surface area contributed by atoms with E-state index in [0.29, 0.717) is 50.7 Å². The molecule has 0 bridgehead atoms. The number of pyridine rings is 6. The molecule has 791 valence electrons. The molecule has 24 nitrogen and oxygen atoms in total. The molecule has 12 heterocycles. The fraction of sp³-hybridized carbons (Fsp3) is 0.538. The maximum absolute atomic E-state index is 12.5. The van der Waals surface area contributed by atoms with Crippen LogP contribution in [0.15, 0.2) is 150 Å². The number of aromatic amines is 2. The van der Waals surface area contributed by atoms with Gasteiger partial charge in [-0.1, -0.05) is 132 Å². The first kappa shape index (κ1) is 131. The van der Waals surface area contributed by atoms with Crippen LogP contribution in [0.5, 0.6) is 0 Å². The summed E-state index contributed by atoms with van der Waals surface area (Å²) >= 11 is 33.2. The Bertz CT molecular complexity index is 6090. The van der Waals surface area contributed by atoms with E-state index >= 15 is 0 Å². The molecule has 41 heteroatoms. The van der Waals surface area contributed by atoms with Crippen molar-refractivity contribution in [3.05, 3.63) is 178 Å². The summed E-state index contributed by atoms with van der Waals surface area (Å²) < 4.78 is 52.4. The number of hydrogen-bond acceptors (Lipinski definition) is 18. The second kappa shape index (κ2) is 63.2. The molecule has 0 aromatic carbocycles. The van der Waals surface area contributed by atoms with E-state index in [1.54, 1.807) is 45.2 Å². The van der Waals surface area contributed by atoms with Gasteiger partial charge in [-0.2, -0.15) is 0 Å². The molecular weight excluding hydrogens is 2540 g/mol. The summed E-state index contributed by atoms with van der Waals surface area (Å²) in [5, 5.41) is 16.0. The molecule has 3 radical (unpaired) electrons. The first-order valence-electron chi connectivity index (χ1n) is 49.1. The summed E-state index contributed by atoms with van der Waals surface area (Å²) in [5.41, 5.74) is 11.7. The number of H-pyrrole nitrogens is 2. The quantitative estimate of drug-likeness (QED) is 0.00472. The molecule has 0 spiro atoms. The summed E-state index contributed by atoms with van der Waals surface area (Å²) in [6.07, 6.45) is 39.0. The molecular formula is C104H148BBr7Cl2IN12NaO12Si5-. The number of rotatable bonds is 39. The minimum atomic E-state index is -1.09. The molecule has 12 aromatic rings. The molecule has 0 amide bonds. The Hall–Kier alpha value is -3.10. The van der Waals surface area contributed by atoms with E-state index < -0.39 is 40.4 Å². The topological polar surface area (TPSA) is 282 Å². The van der Waals surface area contributed by atoms with E-state index in [1.165, 1.54) is 60.5 Å². The largest absolute Gasteiger partial charge is 1.00 e. The van der Waals surface area contributed by atoms with Crippen molar-refractivity contribution in [2.45, 2.75) is 251 Å². The number of hydrogen-bond donors (Lipinski definition) is 3. The van der Waals surface area contributed by atoms with Crippen LogP contribution in [-0.4, -0.2) is 207 Å². The summed E-state index contributed by atoms with van der Waals surface area (Å²) in [6.45, 7) is 44.2. The van der Waals surface area contributed by atoms with Gasteiger partial charge in [-0.3, -0.25) is 14.4 Å². The molecule has 2 atom stereocenters. The third-order valence-electron chi connectivity index (χ3n) is 24.2. The average Bonchev–Trinajstić information content (AvgIpc) is 1.63. The predicted molar refractivity (Wildman–Crippen MR) is 632 cm³/mol. The number of alkyl halides is 2. The number of ether oxygens (including phenoxy) is 7. The number of carbonyl (C=O) groups is 4. The number of aromatic nitrogens is 12. The van der Waals surface area contributed by atoms with Gasteiger partial charge in [0.25, 0.3) is 0 Å². The average molecular weight is 2690 g/mol. The van der Waals surface area contributed by atoms with Crippen LogP contribution in [0.2, 0.25) is 128 Å². The van der Waals surface area contributed by atoms with Crippen LogP contribution in [0.3, 0.4) is 0 Å². The number of aliphatic hydroxyl groups is 1. The molecule has 3 N–H and O–H groups in total. The SMILES string of the molecule is Brc1cnc2[nH]ccc2c1.CCOC.CI.CO/C=C(/c1cn(COCC[Si](C)(C)C)c2ncc(Br)cc12)C1CC1.C[Si](C)(C)CCOCCl.C[Si](C)(C)CCOCn1cc(C(=O)C2CC2)c2cc(Br)cnc21.C[Si](C)(C)CCOCn1cc(C(C=O)C2CC2)c2cc(Br)cnc21.C[Si](C)(C)CCOCn1cc(C(CO)C2CC2)c2cc(Br)cnc21.O=C(Cl)C1CC1.O=C(c1c[nH]c2ncc(Br)cc12)C1CC1.[B].[Br-].[H-].[Na+]. The van der Waals surface area contributed by atoms with Crippen LogP contribution in [0.4, 0.5) is 0 Å². The maximum Gasteiger partial charge on any atom is 1.00 e. The zero-order valence-electron chi connectivity index (χ0n) is 89.0. The number of fused-ring (bicyclic) bond motifs is 6. The number of halogens is 10. The first-order valence-corrected chi connectivity index (χ1v) is 75.4. The van der Waals surface area contributed by atoms with Gasteiger partial charge in [0.2, 0.25) is 5.24 Å².